The van der Waals surface area contributed by atoms with E-state index in [0.29, 0.717) is 17.9 Å². The molecule has 0 aromatic rings. The summed E-state index contributed by atoms with van der Waals surface area (Å²) in [6.45, 7) is 0. The fraction of sp³-hybridized carbons (Fsp3) is 0.941. The van der Waals surface area contributed by atoms with Gasteiger partial charge in [-0.05, 0) is 68.6 Å². The lowest BCUT2D eigenvalue weighted by molar-refractivity contribution is -0.139. The van der Waals surface area contributed by atoms with E-state index in [0.717, 1.165) is 23.7 Å². The molecule has 0 aromatic carbocycles. The minimum Gasteiger partial charge on any atom is -0.353 e. The Morgan fingerprint density at radius 1 is 0.789 bits per heavy atom. The molecule has 0 spiro atoms. The molecule has 5 fully saturated rings. The number of hydrogen-bond acceptors (Lipinski definition) is 1. The van der Waals surface area contributed by atoms with Crippen molar-refractivity contribution in [2.24, 2.45) is 29.6 Å². The second-order valence-electron chi connectivity index (χ2n) is 7.80. The zero-order valence-electron chi connectivity index (χ0n) is 11.9. The van der Waals surface area contributed by atoms with E-state index >= 15 is 0 Å². The summed E-state index contributed by atoms with van der Waals surface area (Å²) in [6.07, 6.45) is 13.3. The second-order valence-corrected chi connectivity index (χ2v) is 7.80. The third-order valence-corrected chi connectivity index (χ3v) is 6.48. The highest BCUT2D eigenvalue weighted by molar-refractivity contribution is 5.80. The summed E-state index contributed by atoms with van der Waals surface area (Å²) < 4.78 is 0. The van der Waals surface area contributed by atoms with Crippen LogP contribution in [-0.4, -0.2) is 11.9 Å². The van der Waals surface area contributed by atoms with Crippen molar-refractivity contribution in [3.63, 3.8) is 0 Å². The van der Waals surface area contributed by atoms with E-state index in [2.05, 4.69) is 5.32 Å². The first kappa shape index (κ1) is 12.2. The van der Waals surface area contributed by atoms with Crippen LogP contribution in [0.15, 0.2) is 0 Å². The van der Waals surface area contributed by atoms with E-state index in [1.165, 1.54) is 64.2 Å². The van der Waals surface area contributed by atoms with Crippen LogP contribution in [0.3, 0.4) is 0 Å². The predicted molar refractivity (Wildman–Crippen MR) is 75.6 cm³/mol. The van der Waals surface area contributed by atoms with E-state index in [1.54, 1.807) is 0 Å². The third kappa shape index (κ3) is 2.21. The summed E-state index contributed by atoms with van der Waals surface area (Å²) >= 11 is 0. The first-order valence-corrected chi connectivity index (χ1v) is 8.60. The van der Waals surface area contributed by atoms with Crippen LogP contribution in [0.5, 0.6) is 0 Å². The summed E-state index contributed by atoms with van der Waals surface area (Å²) in [6, 6.07) is 0.499. The quantitative estimate of drug-likeness (QED) is 0.810. The molecule has 2 heteroatoms. The molecule has 1 N–H and O–H groups in total. The number of rotatable bonds is 2. The average Bonchev–Trinajstić information content (AvgIpc) is 2.38. The molecule has 5 rings (SSSR count). The van der Waals surface area contributed by atoms with Gasteiger partial charge in [0.15, 0.2) is 0 Å². The van der Waals surface area contributed by atoms with Gasteiger partial charge in [0.2, 0.25) is 5.91 Å². The van der Waals surface area contributed by atoms with Crippen LogP contribution in [0.1, 0.15) is 64.2 Å². The van der Waals surface area contributed by atoms with Gasteiger partial charge in [0.05, 0.1) is 0 Å². The van der Waals surface area contributed by atoms with Gasteiger partial charge in [-0.2, -0.15) is 0 Å². The molecule has 2 nitrogen and oxygen atoms in total. The maximum absolute atomic E-state index is 12.7. The number of amides is 1. The Morgan fingerprint density at radius 3 is 1.95 bits per heavy atom. The summed E-state index contributed by atoms with van der Waals surface area (Å²) in [5.41, 5.74) is 0. The Kier molecular flexibility index (Phi) is 3.08. The van der Waals surface area contributed by atoms with Crippen LogP contribution in [0.4, 0.5) is 0 Å². The minimum absolute atomic E-state index is 0.384. The van der Waals surface area contributed by atoms with Crippen LogP contribution < -0.4 is 5.32 Å². The van der Waals surface area contributed by atoms with E-state index < -0.39 is 0 Å². The maximum atomic E-state index is 12.7. The first-order chi connectivity index (χ1) is 9.29. The number of hydrogen-bond donors (Lipinski definition) is 1. The molecule has 0 unspecified atom stereocenters. The lowest BCUT2D eigenvalue weighted by Gasteiger charge is -2.53. The molecule has 0 atom stereocenters. The molecule has 5 saturated carbocycles. The van der Waals surface area contributed by atoms with E-state index in [1.807, 2.05) is 0 Å². The van der Waals surface area contributed by atoms with E-state index in [4.69, 9.17) is 0 Å². The van der Waals surface area contributed by atoms with Gasteiger partial charge in [-0.15, -0.1) is 0 Å². The fourth-order valence-corrected chi connectivity index (χ4v) is 5.90. The van der Waals surface area contributed by atoms with Crippen molar-refractivity contribution in [2.45, 2.75) is 70.3 Å². The van der Waals surface area contributed by atoms with Crippen LogP contribution >= 0.6 is 0 Å². The smallest absolute Gasteiger partial charge is 0.223 e. The monoisotopic (exact) mass is 261 g/mol. The molecule has 106 valence electrons. The molecule has 0 heterocycles. The van der Waals surface area contributed by atoms with Crippen molar-refractivity contribution in [1.82, 2.24) is 5.32 Å². The SMILES string of the molecule is O=C(NC1CCCCC1)C1C2CC3CC(C2)CC1C3. The van der Waals surface area contributed by atoms with Crippen molar-refractivity contribution >= 4 is 5.91 Å². The lowest BCUT2D eigenvalue weighted by Crippen LogP contribution is -2.52. The fourth-order valence-electron chi connectivity index (χ4n) is 5.90. The molecule has 0 aliphatic heterocycles. The van der Waals surface area contributed by atoms with Gasteiger partial charge in [-0.25, -0.2) is 0 Å². The van der Waals surface area contributed by atoms with Crippen LogP contribution in [0.25, 0.3) is 0 Å². The van der Waals surface area contributed by atoms with Gasteiger partial charge in [0.1, 0.15) is 0 Å². The summed E-state index contributed by atoms with van der Waals surface area (Å²) in [5, 5.41) is 3.41. The van der Waals surface area contributed by atoms with Crippen molar-refractivity contribution in [2.75, 3.05) is 0 Å². The molecule has 19 heavy (non-hydrogen) atoms. The van der Waals surface area contributed by atoms with Crippen molar-refractivity contribution in [3.8, 4) is 0 Å². The molecule has 4 bridgehead atoms. The maximum Gasteiger partial charge on any atom is 0.223 e. The van der Waals surface area contributed by atoms with Gasteiger partial charge in [0, 0.05) is 12.0 Å². The van der Waals surface area contributed by atoms with E-state index in [9.17, 15) is 4.79 Å². The normalized spacial score (nSPS) is 45.4. The molecule has 0 aromatic heterocycles. The predicted octanol–water partition coefficient (Wildman–Crippen LogP) is 3.51. The Hall–Kier alpha value is -0.530. The number of carbonyl (C=O) groups excluding carboxylic acids is 1. The Balaban J connectivity index is 1.42. The van der Waals surface area contributed by atoms with Gasteiger partial charge in [-0.1, -0.05) is 19.3 Å². The molecular weight excluding hydrogens is 234 g/mol. The topological polar surface area (TPSA) is 29.1 Å². The summed E-state index contributed by atoms with van der Waals surface area (Å²) in [4.78, 5) is 12.7. The van der Waals surface area contributed by atoms with Gasteiger partial charge >= 0.3 is 0 Å². The highest BCUT2D eigenvalue weighted by Gasteiger charge is 2.50. The molecule has 1 amide bonds. The molecular formula is C17H27NO. The molecule has 5 aliphatic carbocycles. The second kappa shape index (κ2) is 4.79. The standard InChI is InChI=1S/C17H27NO/c19-17(18-15-4-2-1-3-5-15)16-13-7-11-6-12(9-13)10-14(16)8-11/h11-16H,1-10H2,(H,18,19). The average molecular weight is 261 g/mol. The van der Waals surface area contributed by atoms with Crippen molar-refractivity contribution in [3.05, 3.63) is 0 Å². The Morgan fingerprint density at radius 2 is 1.37 bits per heavy atom. The molecule has 0 saturated heterocycles. The highest BCUT2D eigenvalue weighted by Crippen LogP contribution is 2.56. The lowest BCUT2D eigenvalue weighted by atomic mass is 9.51. The Labute approximate surface area is 116 Å². The Bertz CT molecular complexity index is 330. The molecule has 0 radical (unpaired) electrons. The van der Waals surface area contributed by atoms with Crippen LogP contribution in [0.2, 0.25) is 0 Å². The van der Waals surface area contributed by atoms with E-state index in [-0.39, 0.29) is 0 Å². The zero-order valence-corrected chi connectivity index (χ0v) is 11.9. The number of carbonyl (C=O) groups is 1. The van der Waals surface area contributed by atoms with Gasteiger partial charge < -0.3 is 5.32 Å². The molecule has 5 aliphatic rings. The number of nitrogens with one attached hydrogen (secondary N) is 1. The van der Waals surface area contributed by atoms with Crippen molar-refractivity contribution < 1.29 is 4.79 Å². The summed E-state index contributed by atoms with van der Waals surface area (Å²) in [7, 11) is 0. The highest BCUT2D eigenvalue weighted by atomic mass is 16.2. The van der Waals surface area contributed by atoms with Crippen LogP contribution in [0, 0.1) is 29.6 Å². The largest absolute Gasteiger partial charge is 0.353 e. The van der Waals surface area contributed by atoms with Gasteiger partial charge in [-0.3, -0.25) is 4.79 Å². The zero-order chi connectivity index (χ0) is 12.8. The third-order valence-electron chi connectivity index (χ3n) is 6.48. The summed E-state index contributed by atoms with van der Waals surface area (Å²) in [5.74, 6) is 4.23. The van der Waals surface area contributed by atoms with Gasteiger partial charge in [0.25, 0.3) is 0 Å². The van der Waals surface area contributed by atoms with Crippen LogP contribution in [-0.2, 0) is 4.79 Å². The minimum atomic E-state index is 0.384. The van der Waals surface area contributed by atoms with Crippen molar-refractivity contribution in [1.29, 1.82) is 0 Å². The first-order valence-electron chi connectivity index (χ1n) is 8.60.